The topological polar surface area (TPSA) is 103 Å². The van der Waals surface area contributed by atoms with Crippen LogP contribution in [0.1, 0.15) is 67.9 Å². The van der Waals surface area contributed by atoms with Crippen LogP contribution in [0.3, 0.4) is 0 Å². The molecule has 0 unspecified atom stereocenters. The molecule has 10 heteroatoms. The Morgan fingerprint density at radius 1 is 0.976 bits per heavy atom. The Bertz CT molecular complexity index is 1500. The molecule has 2 N–H and O–H groups in total. The number of phenolic OH excluding ortho intramolecular Hbond substituents is 1. The zero-order valence-corrected chi connectivity index (χ0v) is 23.3. The van der Waals surface area contributed by atoms with Crippen LogP contribution < -0.4 is 4.90 Å². The van der Waals surface area contributed by atoms with E-state index in [0.717, 1.165) is 49.8 Å². The van der Waals surface area contributed by atoms with Gasteiger partial charge in [0.2, 0.25) is 0 Å². The standard InChI is InChI=1S/C32H33F2N3O5/c1-18-30(22-13-23(33)16-24(34)14-22)42-32(41)37(18)17-27-25(8-10-29(35-27)36-11-2-12-36)26-15-21(7-9-28(26)38)19-3-5-20(6-4-19)31(39)40/h7-10,13-16,18-20,30,38H,2-6,11-12,17H2,1H3,(H,39,40)/t18-,19?,20?,30-/m0/s1. The van der Waals surface area contributed by atoms with Crippen LogP contribution in [0.15, 0.2) is 48.5 Å². The van der Waals surface area contributed by atoms with Crippen LogP contribution in [-0.2, 0) is 16.1 Å². The number of carbonyl (C=O) groups excluding carboxylic acids is 1. The fourth-order valence-corrected chi connectivity index (χ4v) is 6.33. The van der Waals surface area contributed by atoms with Gasteiger partial charge in [0.05, 0.1) is 24.2 Å². The van der Waals surface area contributed by atoms with Crippen molar-refractivity contribution in [3.8, 4) is 16.9 Å². The zero-order chi connectivity index (χ0) is 29.5. The molecule has 0 spiro atoms. The van der Waals surface area contributed by atoms with Gasteiger partial charge in [-0.15, -0.1) is 0 Å². The molecule has 1 amide bonds. The number of cyclic esters (lactones) is 1. The number of ether oxygens (including phenoxy) is 1. The van der Waals surface area contributed by atoms with Gasteiger partial charge in [0.15, 0.2) is 0 Å². The lowest BCUT2D eigenvalue weighted by Crippen LogP contribution is -2.38. The van der Waals surface area contributed by atoms with E-state index in [-0.39, 0.29) is 29.7 Å². The molecule has 3 aliphatic rings. The fraction of sp³-hybridized carbons (Fsp3) is 0.406. The fourth-order valence-electron chi connectivity index (χ4n) is 6.33. The lowest BCUT2D eigenvalue weighted by molar-refractivity contribution is -0.142. The summed E-state index contributed by atoms with van der Waals surface area (Å²) in [4.78, 5) is 33.0. The maximum Gasteiger partial charge on any atom is 0.411 e. The van der Waals surface area contributed by atoms with E-state index in [1.165, 1.54) is 17.0 Å². The number of pyridine rings is 1. The van der Waals surface area contributed by atoms with Gasteiger partial charge in [-0.1, -0.05) is 6.07 Å². The van der Waals surface area contributed by atoms with E-state index in [9.17, 15) is 28.6 Å². The highest BCUT2D eigenvalue weighted by molar-refractivity contribution is 5.76. The second-order valence-electron chi connectivity index (χ2n) is 11.5. The number of anilines is 1. The number of aliphatic carboxylic acids is 1. The molecule has 42 heavy (non-hydrogen) atoms. The summed E-state index contributed by atoms with van der Waals surface area (Å²) in [5.41, 5.74) is 3.07. The van der Waals surface area contributed by atoms with Crippen LogP contribution in [-0.4, -0.2) is 51.3 Å². The second-order valence-corrected chi connectivity index (χ2v) is 11.5. The van der Waals surface area contributed by atoms with Gasteiger partial charge in [-0.05, 0) is 86.9 Å². The maximum absolute atomic E-state index is 14.0. The van der Waals surface area contributed by atoms with Gasteiger partial charge in [0.1, 0.15) is 29.3 Å². The molecule has 1 saturated carbocycles. The number of amides is 1. The highest BCUT2D eigenvalue weighted by Gasteiger charge is 2.41. The number of nitrogens with zero attached hydrogens (tertiary/aromatic N) is 3. The lowest BCUT2D eigenvalue weighted by Gasteiger charge is -2.33. The Hall–Kier alpha value is -4.21. The minimum atomic E-state index is -0.859. The molecule has 220 valence electrons. The number of benzene rings is 2. The summed E-state index contributed by atoms with van der Waals surface area (Å²) >= 11 is 0. The van der Waals surface area contributed by atoms with Crippen LogP contribution in [0.25, 0.3) is 11.1 Å². The number of carboxylic acid groups (broad SMARTS) is 1. The van der Waals surface area contributed by atoms with E-state index in [1.54, 1.807) is 13.0 Å². The first-order valence-corrected chi connectivity index (χ1v) is 14.4. The molecule has 1 aromatic heterocycles. The number of hydrogen-bond acceptors (Lipinski definition) is 6. The summed E-state index contributed by atoms with van der Waals surface area (Å²) in [7, 11) is 0. The maximum atomic E-state index is 14.0. The van der Waals surface area contributed by atoms with E-state index in [0.29, 0.717) is 29.7 Å². The molecule has 3 fully saturated rings. The Balaban J connectivity index is 1.32. The van der Waals surface area contributed by atoms with Crippen molar-refractivity contribution in [2.24, 2.45) is 5.92 Å². The summed E-state index contributed by atoms with van der Waals surface area (Å²) in [5, 5.41) is 20.4. The highest BCUT2D eigenvalue weighted by Crippen LogP contribution is 2.41. The van der Waals surface area contributed by atoms with Gasteiger partial charge in [-0.25, -0.2) is 18.6 Å². The first kappa shape index (κ1) is 27.9. The average Bonchev–Trinajstić information content (AvgIpc) is 3.21. The molecule has 2 saturated heterocycles. The van der Waals surface area contributed by atoms with Crippen LogP contribution in [0.2, 0.25) is 0 Å². The van der Waals surface area contributed by atoms with Crippen LogP contribution >= 0.6 is 0 Å². The van der Waals surface area contributed by atoms with E-state index in [2.05, 4.69) is 4.90 Å². The van der Waals surface area contributed by atoms with Crippen molar-refractivity contribution >= 4 is 17.9 Å². The number of halogens is 2. The molecule has 2 aromatic carbocycles. The van der Waals surface area contributed by atoms with Gasteiger partial charge < -0.3 is 19.8 Å². The largest absolute Gasteiger partial charge is 0.507 e. The van der Waals surface area contributed by atoms with Gasteiger partial charge in [-0.3, -0.25) is 9.69 Å². The first-order chi connectivity index (χ1) is 20.2. The van der Waals surface area contributed by atoms with Crippen LogP contribution in [0, 0.1) is 17.6 Å². The monoisotopic (exact) mass is 577 g/mol. The summed E-state index contributed by atoms with van der Waals surface area (Å²) < 4.78 is 33.5. The second kappa shape index (κ2) is 11.2. The summed E-state index contributed by atoms with van der Waals surface area (Å²) in [5.74, 6) is -1.54. The summed E-state index contributed by atoms with van der Waals surface area (Å²) in [6, 6.07) is 11.9. The number of carbonyl (C=O) groups is 2. The average molecular weight is 578 g/mol. The third kappa shape index (κ3) is 5.37. The quantitative estimate of drug-likeness (QED) is 0.336. The first-order valence-electron chi connectivity index (χ1n) is 14.4. The molecule has 2 aliphatic heterocycles. The SMILES string of the molecule is C[C@H]1[C@@H](c2cc(F)cc(F)c2)OC(=O)N1Cc1nc(N2CCC2)ccc1-c1cc(C2CCC(C(=O)O)CC2)ccc1O. The number of rotatable bonds is 7. The predicted molar refractivity (Wildman–Crippen MR) is 151 cm³/mol. The number of phenols is 1. The summed E-state index contributed by atoms with van der Waals surface area (Å²) in [6.45, 7) is 3.59. The van der Waals surface area contributed by atoms with E-state index in [4.69, 9.17) is 9.72 Å². The van der Waals surface area contributed by atoms with Crippen LogP contribution in [0.5, 0.6) is 5.75 Å². The van der Waals surface area contributed by atoms with Crippen molar-refractivity contribution < 1.29 is 33.3 Å². The molecule has 2 atom stereocenters. The molecule has 0 radical (unpaired) electrons. The Kier molecular flexibility index (Phi) is 7.47. The molecule has 3 aromatic rings. The van der Waals surface area contributed by atoms with Crippen molar-refractivity contribution in [2.45, 2.75) is 63.6 Å². The van der Waals surface area contributed by atoms with E-state index >= 15 is 0 Å². The summed E-state index contributed by atoms with van der Waals surface area (Å²) in [6.07, 6.45) is 2.30. The van der Waals surface area contributed by atoms with Crippen molar-refractivity contribution in [1.29, 1.82) is 0 Å². The van der Waals surface area contributed by atoms with Crippen LogP contribution in [0.4, 0.5) is 19.4 Å². The normalized spacial score (nSPS) is 23.9. The van der Waals surface area contributed by atoms with E-state index in [1.807, 2.05) is 24.3 Å². The highest BCUT2D eigenvalue weighted by atomic mass is 19.1. The van der Waals surface area contributed by atoms with E-state index < -0.39 is 35.8 Å². The number of aromatic nitrogens is 1. The number of aromatic hydroxyl groups is 1. The molecule has 1 aliphatic carbocycles. The van der Waals surface area contributed by atoms with Gasteiger partial charge in [0.25, 0.3) is 0 Å². The Morgan fingerprint density at radius 3 is 2.33 bits per heavy atom. The number of carboxylic acids is 1. The third-order valence-electron chi connectivity index (χ3n) is 8.92. The minimum Gasteiger partial charge on any atom is -0.507 e. The van der Waals surface area contributed by atoms with Crippen molar-refractivity contribution in [1.82, 2.24) is 9.88 Å². The van der Waals surface area contributed by atoms with Crippen molar-refractivity contribution in [2.75, 3.05) is 18.0 Å². The molecule has 3 heterocycles. The molecular weight excluding hydrogens is 544 g/mol. The minimum absolute atomic E-state index is 0.0682. The molecule has 0 bridgehead atoms. The van der Waals surface area contributed by atoms with Gasteiger partial charge in [0, 0.05) is 35.8 Å². The van der Waals surface area contributed by atoms with Gasteiger partial charge in [-0.2, -0.15) is 0 Å². The third-order valence-corrected chi connectivity index (χ3v) is 8.92. The predicted octanol–water partition coefficient (Wildman–Crippen LogP) is 6.38. The Labute approximate surface area is 242 Å². The molecule has 6 rings (SSSR count). The van der Waals surface area contributed by atoms with Crippen molar-refractivity contribution in [3.05, 3.63) is 77.0 Å². The number of hydrogen-bond donors (Lipinski definition) is 2. The molecular formula is C32H33F2N3O5. The Morgan fingerprint density at radius 2 is 1.69 bits per heavy atom. The van der Waals surface area contributed by atoms with Gasteiger partial charge >= 0.3 is 12.1 Å². The lowest BCUT2D eigenvalue weighted by atomic mass is 9.78. The van der Waals surface area contributed by atoms with Crippen molar-refractivity contribution in [3.63, 3.8) is 0 Å². The smallest absolute Gasteiger partial charge is 0.411 e. The molecule has 8 nitrogen and oxygen atoms in total. The zero-order valence-electron chi connectivity index (χ0n) is 23.3.